The Balaban J connectivity index is 2.17. The lowest BCUT2D eigenvalue weighted by Crippen LogP contribution is -2.30. The first kappa shape index (κ1) is 15.3. The number of hydrogen-bond acceptors (Lipinski definition) is 2. The van der Waals surface area contributed by atoms with Crippen LogP contribution in [-0.4, -0.2) is 14.5 Å². The van der Waals surface area contributed by atoms with Gasteiger partial charge in [-0.1, -0.05) is 44.2 Å². The van der Waals surface area contributed by atoms with Crippen molar-refractivity contribution >= 4 is 11.0 Å². The van der Waals surface area contributed by atoms with Crippen LogP contribution < -0.4 is 4.57 Å². The molecule has 0 saturated carbocycles. The minimum absolute atomic E-state index is 0.702. The van der Waals surface area contributed by atoms with Crippen molar-refractivity contribution in [3.05, 3.63) is 72.3 Å². The van der Waals surface area contributed by atoms with E-state index < -0.39 is 5.89 Å². The second-order valence-electron chi connectivity index (χ2n) is 6.78. The van der Waals surface area contributed by atoms with E-state index in [0.717, 1.165) is 28.1 Å². The van der Waals surface area contributed by atoms with Gasteiger partial charge in [-0.15, -0.1) is 0 Å². The SMILES string of the molecule is [2H]C(C)(C)c1ncncc1-n1c(-c2ccccc2C)[n+](C)c2ccccc21. The average Bonchev–Trinajstić information content (AvgIpc) is 2.94. The molecule has 0 saturated heterocycles. The van der Waals surface area contributed by atoms with Crippen LogP contribution in [-0.2, 0) is 7.05 Å². The van der Waals surface area contributed by atoms with Gasteiger partial charge >= 0.3 is 0 Å². The number of hydrogen-bond donors (Lipinski definition) is 0. The second kappa shape index (κ2) is 6.37. The van der Waals surface area contributed by atoms with Crippen molar-refractivity contribution in [1.29, 1.82) is 0 Å². The Kier molecular flexibility index (Phi) is 3.74. The molecule has 0 aliphatic carbocycles. The van der Waals surface area contributed by atoms with E-state index in [1.54, 1.807) is 0 Å². The van der Waals surface area contributed by atoms with Crippen LogP contribution in [0, 0.1) is 6.92 Å². The Hall–Kier alpha value is -3.01. The number of nitrogens with zero attached hydrogens (tertiary/aromatic N) is 4. The highest BCUT2D eigenvalue weighted by atomic mass is 15.2. The summed E-state index contributed by atoms with van der Waals surface area (Å²) in [6.45, 7) is 5.84. The summed E-state index contributed by atoms with van der Waals surface area (Å²) in [5.74, 6) is 0.209. The van der Waals surface area contributed by atoms with Crippen molar-refractivity contribution in [2.24, 2.45) is 7.05 Å². The molecule has 4 aromatic rings. The Morgan fingerprint density at radius 1 is 1.08 bits per heavy atom. The van der Waals surface area contributed by atoms with Crippen LogP contribution in [0.25, 0.3) is 28.1 Å². The molecular weight excluding hydrogens is 320 g/mol. The number of imidazole rings is 1. The molecule has 4 rings (SSSR count). The third-order valence-electron chi connectivity index (χ3n) is 4.81. The van der Waals surface area contributed by atoms with Crippen LogP contribution in [0.4, 0.5) is 0 Å². The molecule has 4 heteroatoms. The fraction of sp³-hybridized carbons (Fsp3) is 0.227. The predicted molar refractivity (Wildman–Crippen MR) is 104 cm³/mol. The van der Waals surface area contributed by atoms with Crippen LogP contribution in [0.3, 0.4) is 0 Å². The van der Waals surface area contributed by atoms with Gasteiger partial charge in [0.1, 0.15) is 6.33 Å². The number of benzene rings is 2. The third-order valence-corrected chi connectivity index (χ3v) is 4.81. The molecule has 0 aliphatic rings. The molecule has 130 valence electrons. The van der Waals surface area contributed by atoms with Crippen molar-refractivity contribution in [3.63, 3.8) is 0 Å². The molecule has 0 spiro atoms. The zero-order valence-electron chi connectivity index (χ0n) is 16.6. The van der Waals surface area contributed by atoms with Gasteiger partial charge in [0, 0.05) is 1.37 Å². The van der Waals surface area contributed by atoms with E-state index in [0.29, 0.717) is 5.69 Å². The molecule has 0 radical (unpaired) electrons. The fourth-order valence-corrected chi connectivity index (χ4v) is 3.55. The predicted octanol–water partition coefficient (Wildman–Crippen LogP) is 4.34. The topological polar surface area (TPSA) is 34.6 Å². The molecular formula is C22H23N4+. The minimum Gasteiger partial charge on any atom is -0.240 e. The fourth-order valence-electron chi connectivity index (χ4n) is 3.55. The Labute approximate surface area is 155 Å². The molecule has 0 N–H and O–H groups in total. The molecule has 2 heterocycles. The van der Waals surface area contributed by atoms with Crippen LogP contribution >= 0.6 is 0 Å². The van der Waals surface area contributed by atoms with Crippen LogP contribution in [0.5, 0.6) is 0 Å². The summed E-state index contributed by atoms with van der Waals surface area (Å²) in [5, 5.41) is 0. The van der Waals surface area contributed by atoms with E-state index in [1.807, 2.05) is 32.2 Å². The number of aromatic nitrogens is 4. The van der Waals surface area contributed by atoms with Gasteiger partial charge in [-0.25, -0.2) is 14.5 Å². The standard InChI is InChI=1S/C22H23N4/c1-15(2)21-20(13-23-14-24-21)26-19-12-8-7-11-18(19)25(4)22(26)17-10-6-5-9-16(17)3/h5-15H,1-4H3/q+1/i15D. The van der Waals surface area contributed by atoms with Gasteiger partial charge < -0.3 is 0 Å². The zero-order valence-corrected chi connectivity index (χ0v) is 15.6. The van der Waals surface area contributed by atoms with Crippen LogP contribution in [0.1, 0.15) is 32.4 Å². The molecule has 0 bridgehead atoms. The third kappa shape index (κ3) is 2.49. The van der Waals surface area contributed by atoms with Gasteiger partial charge in [-0.3, -0.25) is 0 Å². The largest absolute Gasteiger partial charge is 0.295 e. The van der Waals surface area contributed by atoms with E-state index in [2.05, 4.69) is 69.5 Å². The zero-order chi connectivity index (χ0) is 19.2. The lowest BCUT2D eigenvalue weighted by atomic mass is 10.1. The molecule has 26 heavy (non-hydrogen) atoms. The summed E-state index contributed by atoms with van der Waals surface area (Å²) < 4.78 is 13.0. The first-order valence-corrected chi connectivity index (χ1v) is 8.76. The number of aryl methyl sites for hydroxylation is 2. The monoisotopic (exact) mass is 344 g/mol. The molecule has 0 amide bonds. The summed E-state index contributed by atoms with van der Waals surface area (Å²) in [5.41, 5.74) is 6.07. The van der Waals surface area contributed by atoms with Crippen molar-refractivity contribution in [3.8, 4) is 17.1 Å². The minimum atomic E-state index is -0.842. The van der Waals surface area contributed by atoms with Crippen molar-refractivity contribution in [2.75, 3.05) is 0 Å². The Morgan fingerprint density at radius 3 is 2.58 bits per heavy atom. The van der Waals surface area contributed by atoms with Gasteiger partial charge in [0.25, 0.3) is 5.82 Å². The van der Waals surface area contributed by atoms with Gasteiger partial charge in [0.2, 0.25) is 0 Å². The maximum Gasteiger partial charge on any atom is 0.295 e. The highest BCUT2D eigenvalue weighted by Gasteiger charge is 2.29. The van der Waals surface area contributed by atoms with Gasteiger partial charge in [-0.2, -0.15) is 4.57 Å². The number of fused-ring (bicyclic) bond motifs is 1. The maximum atomic E-state index is 8.58. The van der Waals surface area contributed by atoms with Crippen molar-refractivity contribution in [2.45, 2.75) is 26.7 Å². The molecule has 2 aromatic carbocycles. The first-order valence-electron chi connectivity index (χ1n) is 9.26. The highest BCUT2D eigenvalue weighted by molar-refractivity contribution is 5.79. The Morgan fingerprint density at radius 2 is 1.81 bits per heavy atom. The molecule has 4 nitrogen and oxygen atoms in total. The summed E-state index contributed by atoms with van der Waals surface area (Å²) in [7, 11) is 2.08. The smallest absolute Gasteiger partial charge is 0.240 e. The molecule has 0 atom stereocenters. The van der Waals surface area contributed by atoms with Crippen molar-refractivity contribution in [1.82, 2.24) is 14.5 Å². The lowest BCUT2D eigenvalue weighted by Gasteiger charge is -2.11. The molecule has 0 aliphatic heterocycles. The van der Waals surface area contributed by atoms with E-state index in [4.69, 9.17) is 1.37 Å². The second-order valence-corrected chi connectivity index (χ2v) is 6.78. The van der Waals surface area contributed by atoms with Gasteiger partial charge in [0.15, 0.2) is 16.7 Å². The summed E-state index contributed by atoms with van der Waals surface area (Å²) in [4.78, 5) is 8.75. The van der Waals surface area contributed by atoms with Gasteiger partial charge in [-0.05, 0) is 36.6 Å². The quantitative estimate of drug-likeness (QED) is 0.518. The van der Waals surface area contributed by atoms with E-state index in [9.17, 15) is 0 Å². The van der Waals surface area contributed by atoms with E-state index in [-0.39, 0.29) is 0 Å². The normalized spacial score (nSPS) is 12.4. The highest BCUT2D eigenvalue weighted by Crippen LogP contribution is 2.31. The number of rotatable bonds is 3. The summed E-state index contributed by atoms with van der Waals surface area (Å²) in [6.07, 6.45) is 3.33. The molecule has 0 fully saturated rings. The lowest BCUT2D eigenvalue weighted by molar-refractivity contribution is -0.633. The van der Waals surface area contributed by atoms with Crippen LogP contribution in [0.2, 0.25) is 0 Å². The molecule has 2 aromatic heterocycles. The van der Waals surface area contributed by atoms with Crippen molar-refractivity contribution < 1.29 is 5.94 Å². The summed E-state index contributed by atoms with van der Waals surface area (Å²) >= 11 is 0. The van der Waals surface area contributed by atoms with Crippen LogP contribution in [0.15, 0.2) is 61.1 Å². The van der Waals surface area contributed by atoms with E-state index in [1.165, 1.54) is 11.9 Å². The molecule has 0 unspecified atom stereocenters. The maximum absolute atomic E-state index is 8.58. The number of para-hydroxylation sites is 2. The van der Waals surface area contributed by atoms with E-state index >= 15 is 0 Å². The Bertz CT molecular complexity index is 1140. The summed E-state index contributed by atoms with van der Waals surface area (Å²) in [6, 6.07) is 16.7. The first-order chi connectivity index (χ1) is 12.9. The average molecular weight is 344 g/mol. The van der Waals surface area contributed by atoms with Gasteiger partial charge in [0.05, 0.1) is 24.5 Å².